The Balaban J connectivity index is 1.73. The molecule has 2 aliphatic rings. The molecule has 3 heterocycles. The highest BCUT2D eigenvalue weighted by molar-refractivity contribution is 5.90. The smallest absolute Gasteiger partial charge is 0.289 e. The van der Waals surface area contributed by atoms with E-state index in [0.717, 1.165) is 25.3 Å². The van der Waals surface area contributed by atoms with Gasteiger partial charge in [0, 0.05) is 31.0 Å². The lowest BCUT2D eigenvalue weighted by Gasteiger charge is -2.19. The monoisotopic (exact) mass is 234 g/mol. The van der Waals surface area contributed by atoms with E-state index in [9.17, 15) is 4.79 Å². The molecule has 1 aromatic heterocycles. The molecular weight excluding hydrogens is 216 g/mol. The largest absolute Gasteiger partial charge is 0.338 e. The maximum absolute atomic E-state index is 12.2. The van der Waals surface area contributed by atoms with E-state index in [1.54, 1.807) is 6.20 Å². The van der Waals surface area contributed by atoms with Crippen LogP contribution in [0, 0.1) is 12.8 Å². The van der Waals surface area contributed by atoms with Crippen molar-refractivity contribution in [3.8, 4) is 0 Å². The molecule has 17 heavy (non-hydrogen) atoms. The summed E-state index contributed by atoms with van der Waals surface area (Å²) in [5.74, 6) is 1.17. The second-order valence-electron chi connectivity index (χ2n) is 5.22. The lowest BCUT2D eigenvalue weighted by Crippen LogP contribution is -2.35. The van der Waals surface area contributed by atoms with E-state index < -0.39 is 0 Å². The van der Waals surface area contributed by atoms with E-state index in [4.69, 9.17) is 0 Å². The fourth-order valence-corrected chi connectivity index (χ4v) is 3.01. The number of likely N-dealkylation sites (tertiary alicyclic amines) is 2. The molecule has 2 atom stereocenters. The summed E-state index contributed by atoms with van der Waals surface area (Å²) in [6.45, 7) is 4.81. The predicted octanol–water partition coefficient (Wildman–Crippen LogP) is 0.494. The summed E-state index contributed by atoms with van der Waals surface area (Å²) >= 11 is 0. The molecule has 1 N–H and O–H groups in total. The van der Waals surface area contributed by atoms with Crippen LogP contribution in [0.4, 0.5) is 0 Å². The van der Waals surface area contributed by atoms with Gasteiger partial charge in [0.2, 0.25) is 0 Å². The number of imidazole rings is 1. The first-order valence-electron chi connectivity index (χ1n) is 6.16. The van der Waals surface area contributed by atoms with E-state index in [2.05, 4.69) is 21.9 Å². The number of hydrogen-bond acceptors (Lipinski definition) is 3. The molecule has 5 heteroatoms. The zero-order chi connectivity index (χ0) is 12.0. The molecular formula is C12H18N4O. The number of amides is 1. The number of rotatable bonds is 1. The van der Waals surface area contributed by atoms with Gasteiger partial charge < -0.3 is 14.8 Å². The van der Waals surface area contributed by atoms with Crippen LogP contribution in [0.25, 0.3) is 0 Å². The Labute approximate surface area is 101 Å². The van der Waals surface area contributed by atoms with Crippen molar-refractivity contribution >= 4 is 5.91 Å². The SMILES string of the molecule is Cc1cnc(C(=O)N2C[C@H]3CCN(C)[C@H]3C2)[nH]1. The second kappa shape index (κ2) is 3.84. The minimum Gasteiger partial charge on any atom is -0.338 e. The van der Waals surface area contributed by atoms with E-state index in [0.29, 0.717) is 17.8 Å². The lowest BCUT2D eigenvalue weighted by atomic mass is 10.1. The van der Waals surface area contributed by atoms with Crippen molar-refractivity contribution in [2.75, 3.05) is 26.7 Å². The zero-order valence-corrected chi connectivity index (χ0v) is 10.3. The van der Waals surface area contributed by atoms with Crippen molar-refractivity contribution in [1.29, 1.82) is 0 Å². The number of hydrogen-bond donors (Lipinski definition) is 1. The van der Waals surface area contributed by atoms with Crippen LogP contribution >= 0.6 is 0 Å². The van der Waals surface area contributed by atoms with Gasteiger partial charge in [-0.15, -0.1) is 0 Å². The number of carbonyl (C=O) groups excluding carboxylic acids is 1. The Morgan fingerprint density at radius 1 is 1.53 bits per heavy atom. The van der Waals surface area contributed by atoms with Crippen LogP contribution in [0.1, 0.15) is 22.7 Å². The molecule has 0 aliphatic carbocycles. The first kappa shape index (κ1) is 10.8. The van der Waals surface area contributed by atoms with Crippen molar-refractivity contribution in [2.45, 2.75) is 19.4 Å². The molecule has 0 unspecified atom stereocenters. The van der Waals surface area contributed by atoms with Crippen LogP contribution < -0.4 is 0 Å². The van der Waals surface area contributed by atoms with Gasteiger partial charge in [-0.1, -0.05) is 0 Å². The van der Waals surface area contributed by atoms with Gasteiger partial charge in [0.25, 0.3) is 5.91 Å². The van der Waals surface area contributed by atoms with Gasteiger partial charge in [0.05, 0.1) is 0 Å². The highest BCUT2D eigenvalue weighted by Crippen LogP contribution is 2.30. The van der Waals surface area contributed by atoms with Crippen LogP contribution in [0.5, 0.6) is 0 Å². The summed E-state index contributed by atoms with van der Waals surface area (Å²) in [6, 6.07) is 0.551. The van der Waals surface area contributed by atoms with Crippen LogP contribution in [-0.4, -0.2) is 58.4 Å². The van der Waals surface area contributed by atoms with Crippen molar-refractivity contribution in [1.82, 2.24) is 19.8 Å². The van der Waals surface area contributed by atoms with Gasteiger partial charge in [0.1, 0.15) is 0 Å². The number of nitrogens with zero attached hydrogens (tertiary/aromatic N) is 3. The molecule has 0 spiro atoms. The number of H-pyrrole nitrogens is 1. The minimum absolute atomic E-state index is 0.0425. The summed E-state index contributed by atoms with van der Waals surface area (Å²) < 4.78 is 0. The fourth-order valence-electron chi connectivity index (χ4n) is 3.01. The summed E-state index contributed by atoms with van der Waals surface area (Å²) in [7, 11) is 2.15. The third kappa shape index (κ3) is 1.74. The standard InChI is InChI=1S/C12H18N4O/c1-8-5-13-11(14-8)12(17)16-6-9-3-4-15(2)10(9)7-16/h5,9-10H,3-4,6-7H2,1-2H3,(H,13,14)/t9-,10+/m1/s1. The summed E-state index contributed by atoms with van der Waals surface area (Å²) in [4.78, 5) is 23.6. The zero-order valence-electron chi connectivity index (χ0n) is 10.3. The van der Waals surface area contributed by atoms with Crippen LogP contribution in [0.3, 0.4) is 0 Å². The number of likely N-dealkylation sites (N-methyl/N-ethyl adjacent to an activating group) is 1. The molecule has 2 saturated heterocycles. The minimum atomic E-state index is 0.0425. The predicted molar refractivity (Wildman–Crippen MR) is 63.8 cm³/mol. The number of aromatic nitrogens is 2. The van der Waals surface area contributed by atoms with E-state index >= 15 is 0 Å². The summed E-state index contributed by atoms with van der Waals surface area (Å²) in [5.41, 5.74) is 0.935. The highest BCUT2D eigenvalue weighted by Gasteiger charge is 2.41. The first-order valence-corrected chi connectivity index (χ1v) is 6.16. The third-order valence-electron chi connectivity index (χ3n) is 4.02. The Morgan fingerprint density at radius 3 is 3.00 bits per heavy atom. The number of carbonyl (C=O) groups is 1. The van der Waals surface area contributed by atoms with Gasteiger partial charge in [-0.05, 0) is 32.9 Å². The molecule has 92 valence electrons. The molecule has 1 amide bonds. The van der Waals surface area contributed by atoms with Gasteiger partial charge in [-0.25, -0.2) is 4.98 Å². The Bertz CT molecular complexity index is 441. The van der Waals surface area contributed by atoms with Gasteiger partial charge in [-0.3, -0.25) is 4.79 Å². The third-order valence-corrected chi connectivity index (χ3v) is 4.02. The highest BCUT2D eigenvalue weighted by atomic mass is 16.2. The van der Waals surface area contributed by atoms with Crippen molar-refractivity contribution in [2.24, 2.45) is 5.92 Å². The van der Waals surface area contributed by atoms with Gasteiger partial charge >= 0.3 is 0 Å². The average Bonchev–Trinajstić information content (AvgIpc) is 2.96. The van der Waals surface area contributed by atoms with E-state index in [-0.39, 0.29) is 5.91 Å². The molecule has 0 aromatic carbocycles. The molecule has 2 aliphatic heterocycles. The fraction of sp³-hybridized carbons (Fsp3) is 0.667. The average molecular weight is 234 g/mol. The van der Waals surface area contributed by atoms with Crippen LogP contribution in [-0.2, 0) is 0 Å². The number of aromatic amines is 1. The molecule has 0 saturated carbocycles. The second-order valence-corrected chi connectivity index (χ2v) is 5.22. The number of aryl methyl sites for hydroxylation is 1. The molecule has 2 fully saturated rings. The van der Waals surface area contributed by atoms with E-state index in [1.165, 1.54) is 6.42 Å². The maximum atomic E-state index is 12.2. The number of fused-ring (bicyclic) bond motifs is 1. The van der Waals surface area contributed by atoms with Crippen molar-refractivity contribution in [3.63, 3.8) is 0 Å². The van der Waals surface area contributed by atoms with Gasteiger partial charge in [0.15, 0.2) is 5.82 Å². The molecule has 0 radical (unpaired) electrons. The summed E-state index contributed by atoms with van der Waals surface area (Å²) in [5, 5.41) is 0. The molecule has 0 bridgehead atoms. The molecule has 1 aromatic rings. The Morgan fingerprint density at radius 2 is 2.35 bits per heavy atom. The maximum Gasteiger partial charge on any atom is 0.289 e. The molecule has 5 nitrogen and oxygen atoms in total. The van der Waals surface area contributed by atoms with Crippen LogP contribution in [0.2, 0.25) is 0 Å². The summed E-state index contributed by atoms with van der Waals surface area (Å²) in [6.07, 6.45) is 2.92. The van der Waals surface area contributed by atoms with Gasteiger partial charge in [-0.2, -0.15) is 0 Å². The number of nitrogens with one attached hydrogen (secondary N) is 1. The van der Waals surface area contributed by atoms with Crippen molar-refractivity contribution in [3.05, 3.63) is 17.7 Å². The van der Waals surface area contributed by atoms with Crippen molar-refractivity contribution < 1.29 is 4.79 Å². The normalized spacial score (nSPS) is 28.7. The van der Waals surface area contributed by atoms with Crippen LogP contribution in [0.15, 0.2) is 6.20 Å². The van der Waals surface area contributed by atoms with E-state index in [1.807, 2.05) is 11.8 Å². The topological polar surface area (TPSA) is 52.2 Å². The lowest BCUT2D eigenvalue weighted by molar-refractivity contribution is 0.0763. The Hall–Kier alpha value is -1.36. The first-order chi connectivity index (χ1) is 8.15. The quantitative estimate of drug-likeness (QED) is 0.769. The molecule has 3 rings (SSSR count). The Kier molecular flexibility index (Phi) is 2.43.